The van der Waals surface area contributed by atoms with Crippen molar-refractivity contribution in [1.82, 2.24) is 21.3 Å². The number of carbonyl (C=O) groups is 4. The zero-order valence-electron chi connectivity index (χ0n) is 29.5. The normalized spacial score (nSPS) is 22.9. The summed E-state index contributed by atoms with van der Waals surface area (Å²) in [6, 6.07) is 24.3. The van der Waals surface area contributed by atoms with Crippen LogP contribution >= 0.6 is 12.4 Å². The Bertz CT molecular complexity index is 1640. The van der Waals surface area contributed by atoms with Crippen molar-refractivity contribution in [2.45, 2.75) is 114 Å². The van der Waals surface area contributed by atoms with Crippen molar-refractivity contribution in [3.05, 3.63) is 95.6 Å². The maximum atomic E-state index is 14.2. The van der Waals surface area contributed by atoms with Gasteiger partial charge >= 0.3 is 0 Å². The zero-order valence-corrected chi connectivity index (χ0v) is 30.3. The zero-order chi connectivity index (χ0) is 35.1. The molecule has 3 saturated carbocycles. The lowest BCUT2D eigenvalue weighted by Crippen LogP contribution is -2.61. The minimum atomic E-state index is -1.11. The molecule has 272 valence electrons. The van der Waals surface area contributed by atoms with Gasteiger partial charge in [-0.05, 0) is 80.7 Å². The van der Waals surface area contributed by atoms with E-state index < -0.39 is 11.6 Å². The van der Waals surface area contributed by atoms with Crippen molar-refractivity contribution >= 4 is 36.0 Å². The highest BCUT2D eigenvalue weighted by atomic mass is 35.5. The highest BCUT2D eigenvalue weighted by Gasteiger charge is 2.44. The number of rotatable bonds is 11. The Balaban J connectivity index is 0.00000504. The maximum absolute atomic E-state index is 14.2. The molecule has 3 fully saturated rings. The summed E-state index contributed by atoms with van der Waals surface area (Å²) < 4.78 is 0. The van der Waals surface area contributed by atoms with Crippen LogP contribution in [-0.4, -0.2) is 53.3 Å². The summed E-state index contributed by atoms with van der Waals surface area (Å²) in [7, 11) is 0. The van der Waals surface area contributed by atoms with Crippen LogP contribution in [0.25, 0.3) is 11.1 Å². The van der Waals surface area contributed by atoms with Crippen LogP contribution in [0.4, 0.5) is 0 Å². The highest BCUT2D eigenvalue weighted by molar-refractivity contribution is 6.00. The van der Waals surface area contributed by atoms with Crippen LogP contribution in [0.2, 0.25) is 0 Å². The number of carbonyl (C=O) groups excluding carboxylic acids is 4. The van der Waals surface area contributed by atoms with E-state index in [0.717, 1.165) is 60.8 Å². The van der Waals surface area contributed by atoms with Gasteiger partial charge in [0.25, 0.3) is 5.91 Å². The van der Waals surface area contributed by atoms with Crippen LogP contribution < -0.4 is 27.0 Å². The third-order valence-corrected chi connectivity index (χ3v) is 11.0. The fourth-order valence-electron chi connectivity index (χ4n) is 7.88. The summed E-state index contributed by atoms with van der Waals surface area (Å²) in [6.07, 6.45) is 8.82. The molecule has 3 aliphatic carbocycles. The number of amides is 4. The summed E-state index contributed by atoms with van der Waals surface area (Å²) in [6.45, 7) is 2.01. The van der Waals surface area contributed by atoms with Crippen molar-refractivity contribution in [2.24, 2.45) is 11.7 Å². The second-order valence-electron chi connectivity index (χ2n) is 14.7. The second kappa shape index (κ2) is 17.3. The average molecular weight is 714 g/mol. The third-order valence-electron chi connectivity index (χ3n) is 11.0. The molecule has 4 amide bonds. The summed E-state index contributed by atoms with van der Waals surface area (Å²) in [5.41, 5.74) is 9.72. The molecule has 6 N–H and O–H groups in total. The molecule has 9 nitrogen and oxygen atoms in total. The van der Waals surface area contributed by atoms with Gasteiger partial charge in [0, 0.05) is 36.0 Å². The fourth-order valence-corrected chi connectivity index (χ4v) is 7.88. The van der Waals surface area contributed by atoms with Crippen LogP contribution in [0.3, 0.4) is 0 Å². The summed E-state index contributed by atoms with van der Waals surface area (Å²) >= 11 is 0. The average Bonchev–Trinajstić information content (AvgIpc) is 3.81. The first kappa shape index (κ1) is 38.0. The van der Waals surface area contributed by atoms with Gasteiger partial charge in [0.15, 0.2) is 0 Å². The van der Waals surface area contributed by atoms with Crippen LogP contribution in [0.1, 0.15) is 92.1 Å². The number of hydrogen-bond donors (Lipinski definition) is 5. The number of nitrogens with one attached hydrogen (secondary N) is 4. The molecule has 3 aromatic carbocycles. The Kier molecular flexibility index (Phi) is 12.9. The standard InChI is InChI=1S/C41H51N5O4.ClH/c1-27-13-15-28(16-14-27)25-36(39(49)43-33-22-21-32(26-33)37(47)44-35-12-6-5-11-34(35)42)45-40(50)41(23-7-8-24-41)46-38(48)31-19-17-30(18-20-31)29-9-3-2-4-10-29;/h2-4,9-10,13-20,32-36H,5-8,11-12,21-26,42H2,1H3,(H,43,49)(H,44,47)(H,45,50)(H,46,48);1H/t32-,33+,34+,35+,36-;/m1./s1. The van der Waals surface area contributed by atoms with E-state index in [1.807, 2.05) is 73.7 Å². The van der Waals surface area contributed by atoms with Crippen molar-refractivity contribution in [2.75, 3.05) is 0 Å². The Morgan fingerprint density at radius 3 is 2.14 bits per heavy atom. The monoisotopic (exact) mass is 713 g/mol. The fraction of sp³-hybridized carbons (Fsp3) is 0.463. The van der Waals surface area contributed by atoms with Gasteiger partial charge in [-0.3, -0.25) is 19.2 Å². The van der Waals surface area contributed by atoms with Crippen molar-refractivity contribution in [3.63, 3.8) is 0 Å². The summed E-state index contributed by atoms with van der Waals surface area (Å²) in [5.74, 6) is -1.11. The molecule has 3 aromatic rings. The minimum Gasteiger partial charge on any atom is -0.352 e. The largest absolute Gasteiger partial charge is 0.352 e. The Morgan fingerprint density at radius 1 is 0.784 bits per heavy atom. The minimum absolute atomic E-state index is 0. The van der Waals surface area contributed by atoms with E-state index in [1.165, 1.54) is 0 Å². The van der Waals surface area contributed by atoms with Gasteiger partial charge in [0.2, 0.25) is 17.7 Å². The van der Waals surface area contributed by atoms with Gasteiger partial charge in [-0.15, -0.1) is 12.4 Å². The third kappa shape index (κ3) is 9.57. The number of aryl methyl sites for hydroxylation is 1. The summed E-state index contributed by atoms with van der Waals surface area (Å²) in [4.78, 5) is 54.8. The lowest BCUT2D eigenvalue weighted by Gasteiger charge is -2.31. The molecule has 0 bridgehead atoms. The van der Waals surface area contributed by atoms with Gasteiger partial charge in [-0.25, -0.2) is 0 Å². The number of nitrogens with two attached hydrogens (primary N) is 1. The quantitative estimate of drug-likeness (QED) is 0.178. The Hall–Kier alpha value is -4.21. The lowest BCUT2D eigenvalue weighted by atomic mass is 9.90. The van der Waals surface area contributed by atoms with E-state index in [2.05, 4.69) is 21.3 Å². The highest BCUT2D eigenvalue weighted by Crippen LogP contribution is 2.31. The molecule has 6 rings (SSSR count). The predicted molar refractivity (Wildman–Crippen MR) is 202 cm³/mol. The van der Waals surface area contributed by atoms with Crippen molar-refractivity contribution in [1.29, 1.82) is 0 Å². The van der Waals surface area contributed by atoms with Crippen LogP contribution in [0, 0.1) is 12.8 Å². The molecule has 0 heterocycles. The molecule has 5 atom stereocenters. The Labute approximate surface area is 307 Å². The van der Waals surface area contributed by atoms with E-state index in [9.17, 15) is 19.2 Å². The van der Waals surface area contributed by atoms with E-state index in [0.29, 0.717) is 44.1 Å². The van der Waals surface area contributed by atoms with Gasteiger partial charge in [0.05, 0.1) is 0 Å². The first-order valence-electron chi connectivity index (χ1n) is 18.4. The molecule has 0 spiro atoms. The number of benzene rings is 3. The lowest BCUT2D eigenvalue weighted by molar-refractivity contribution is -0.132. The predicted octanol–water partition coefficient (Wildman–Crippen LogP) is 5.52. The topological polar surface area (TPSA) is 142 Å². The molecule has 0 radical (unpaired) electrons. The molecule has 10 heteroatoms. The van der Waals surface area contributed by atoms with Gasteiger partial charge < -0.3 is 27.0 Å². The molecule has 0 aliphatic heterocycles. The van der Waals surface area contributed by atoms with Crippen LogP contribution in [0.15, 0.2) is 78.9 Å². The summed E-state index contributed by atoms with van der Waals surface area (Å²) in [5, 5.41) is 12.5. The SMILES string of the molecule is Cc1ccc(C[C@@H](NC(=O)C2(NC(=O)c3ccc(-c4ccccc4)cc3)CCCC2)C(=O)N[C@H]2CC[C@@H](C(=O)N[C@H]3CCCC[C@@H]3N)C2)cc1.Cl. The van der Waals surface area contributed by atoms with Crippen LogP contribution in [0.5, 0.6) is 0 Å². The second-order valence-corrected chi connectivity index (χ2v) is 14.7. The molecule has 51 heavy (non-hydrogen) atoms. The first-order chi connectivity index (χ1) is 24.2. The van der Waals surface area contributed by atoms with Gasteiger partial charge in [0.1, 0.15) is 11.6 Å². The van der Waals surface area contributed by atoms with Crippen molar-refractivity contribution < 1.29 is 19.2 Å². The number of hydrogen-bond acceptors (Lipinski definition) is 5. The molecule has 3 aliphatic rings. The van der Waals surface area contributed by atoms with E-state index >= 15 is 0 Å². The molecular weight excluding hydrogens is 662 g/mol. The maximum Gasteiger partial charge on any atom is 0.252 e. The van der Waals surface area contributed by atoms with E-state index in [1.54, 1.807) is 12.1 Å². The Morgan fingerprint density at radius 2 is 1.45 bits per heavy atom. The molecule has 0 saturated heterocycles. The molecular formula is C41H52ClN5O4. The molecule has 0 unspecified atom stereocenters. The van der Waals surface area contributed by atoms with Gasteiger partial charge in [-0.1, -0.05) is 98.0 Å². The van der Waals surface area contributed by atoms with Gasteiger partial charge in [-0.2, -0.15) is 0 Å². The van der Waals surface area contributed by atoms with E-state index in [-0.39, 0.29) is 60.1 Å². The van der Waals surface area contributed by atoms with E-state index in [4.69, 9.17) is 5.73 Å². The van der Waals surface area contributed by atoms with Crippen LogP contribution in [-0.2, 0) is 20.8 Å². The first-order valence-corrected chi connectivity index (χ1v) is 18.4. The molecule has 0 aromatic heterocycles. The van der Waals surface area contributed by atoms with Crippen molar-refractivity contribution in [3.8, 4) is 11.1 Å². The number of halogens is 1. The smallest absolute Gasteiger partial charge is 0.252 e.